The van der Waals surface area contributed by atoms with Gasteiger partial charge in [-0.3, -0.25) is 10.1 Å². The van der Waals surface area contributed by atoms with Crippen molar-refractivity contribution in [1.29, 1.82) is 0 Å². The quantitative estimate of drug-likeness (QED) is 0.607. The van der Waals surface area contributed by atoms with Crippen LogP contribution >= 0.6 is 0 Å². The van der Waals surface area contributed by atoms with E-state index >= 15 is 0 Å². The lowest BCUT2D eigenvalue weighted by atomic mass is 10.2. The highest BCUT2D eigenvalue weighted by atomic mass is 16.6. The van der Waals surface area contributed by atoms with Crippen LogP contribution in [0.15, 0.2) is 24.3 Å². The monoisotopic (exact) mass is 208 g/mol. The number of ether oxygens (including phenoxy) is 1. The average molecular weight is 208 g/mol. The van der Waals surface area contributed by atoms with Crippen LogP contribution in [0.2, 0.25) is 0 Å². The van der Waals surface area contributed by atoms with Crippen molar-refractivity contribution < 1.29 is 9.66 Å². The van der Waals surface area contributed by atoms with Crippen LogP contribution < -0.4 is 5.32 Å². The van der Waals surface area contributed by atoms with Gasteiger partial charge >= 0.3 is 0 Å². The van der Waals surface area contributed by atoms with E-state index < -0.39 is 4.92 Å². The summed E-state index contributed by atoms with van der Waals surface area (Å²) < 4.78 is 5.22. The number of hydrogen-bond acceptors (Lipinski definition) is 4. The molecule has 1 saturated heterocycles. The molecular formula is C10H12N2O3. The van der Waals surface area contributed by atoms with Crippen LogP contribution in [-0.4, -0.2) is 24.2 Å². The topological polar surface area (TPSA) is 64.4 Å². The largest absolute Gasteiger partial charge is 0.380 e. The van der Waals surface area contributed by atoms with Gasteiger partial charge in [0.05, 0.1) is 17.6 Å². The first kappa shape index (κ1) is 9.92. The van der Waals surface area contributed by atoms with Crippen molar-refractivity contribution in [3.8, 4) is 0 Å². The zero-order valence-electron chi connectivity index (χ0n) is 8.18. The van der Waals surface area contributed by atoms with Gasteiger partial charge < -0.3 is 10.1 Å². The van der Waals surface area contributed by atoms with Gasteiger partial charge in [0, 0.05) is 24.4 Å². The first-order valence-electron chi connectivity index (χ1n) is 4.84. The second kappa shape index (κ2) is 4.27. The minimum Gasteiger partial charge on any atom is -0.380 e. The molecule has 5 nitrogen and oxygen atoms in total. The molecule has 0 radical (unpaired) electrons. The minimum absolute atomic E-state index is 0.114. The van der Waals surface area contributed by atoms with E-state index in [1.807, 2.05) is 0 Å². The Morgan fingerprint density at radius 1 is 1.40 bits per heavy atom. The molecule has 1 heterocycles. The van der Waals surface area contributed by atoms with Crippen molar-refractivity contribution in [1.82, 2.24) is 0 Å². The smallest absolute Gasteiger partial charge is 0.269 e. The lowest BCUT2D eigenvalue weighted by Gasteiger charge is -2.11. The summed E-state index contributed by atoms with van der Waals surface area (Å²) in [6, 6.07) is 6.76. The van der Waals surface area contributed by atoms with Crippen LogP contribution in [0, 0.1) is 10.1 Å². The zero-order chi connectivity index (χ0) is 10.7. The first-order valence-corrected chi connectivity index (χ1v) is 4.84. The number of nitro groups is 1. The molecule has 15 heavy (non-hydrogen) atoms. The third kappa shape index (κ3) is 2.44. The summed E-state index contributed by atoms with van der Waals surface area (Å²) in [6.45, 7) is 1.49. The maximum absolute atomic E-state index is 10.4. The SMILES string of the molecule is O=[N+]([O-])c1ccc(NC2CCOC2)cc1. The minimum atomic E-state index is -0.400. The van der Waals surface area contributed by atoms with Gasteiger partial charge in [0.2, 0.25) is 0 Å². The molecule has 1 atom stereocenters. The Bertz CT molecular complexity index is 344. The first-order chi connectivity index (χ1) is 7.25. The van der Waals surface area contributed by atoms with Crippen molar-refractivity contribution in [2.45, 2.75) is 12.5 Å². The van der Waals surface area contributed by atoms with Gasteiger partial charge in [0.1, 0.15) is 0 Å². The molecule has 0 bridgehead atoms. The zero-order valence-corrected chi connectivity index (χ0v) is 8.18. The Hall–Kier alpha value is -1.62. The van der Waals surface area contributed by atoms with Crippen molar-refractivity contribution in [2.24, 2.45) is 0 Å². The number of benzene rings is 1. The van der Waals surface area contributed by atoms with E-state index in [1.54, 1.807) is 12.1 Å². The van der Waals surface area contributed by atoms with Crippen LogP contribution in [-0.2, 0) is 4.74 Å². The third-order valence-electron chi connectivity index (χ3n) is 2.38. The summed E-state index contributed by atoms with van der Waals surface area (Å²) in [5.41, 5.74) is 1.01. The van der Waals surface area contributed by atoms with Crippen molar-refractivity contribution in [3.05, 3.63) is 34.4 Å². The molecule has 1 aliphatic heterocycles. The number of anilines is 1. The molecule has 1 aromatic rings. The van der Waals surface area contributed by atoms with Crippen molar-refractivity contribution in [3.63, 3.8) is 0 Å². The number of nitrogens with one attached hydrogen (secondary N) is 1. The normalized spacial score (nSPS) is 20.1. The molecular weight excluding hydrogens is 196 g/mol. The molecule has 0 amide bonds. The second-order valence-electron chi connectivity index (χ2n) is 3.51. The van der Waals surface area contributed by atoms with Gasteiger partial charge in [-0.1, -0.05) is 0 Å². The number of nitro benzene ring substituents is 1. The van der Waals surface area contributed by atoms with Crippen LogP contribution in [0.3, 0.4) is 0 Å². The Morgan fingerprint density at radius 3 is 2.67 bits per heavy atom. The van der Waals surface area contributed by atoms with Crippen molar-refractivity contribution >= 4 is 11.4 Å². The summed E-state index contributed by atoms with van der Waals surface area (Å²) in [6.07, 6.45) is 0.983. The number of rotatable bonds is 3. The van der Waals surface area contributed by atoms with E-state index in [4.69, 9.17) is 4.74 Å². The van der Waals surface area contributed by atoms with E-state index in [-0.39, 0.29) is 5.69 Å². The highest BCUT2D eigenvalue weighted by molar-refractivity contribution is 5.49. The van der Waals surface area contributed by atoms with Gasteiger partial charge in [-0.25, -0.2) is 0 Å². The summed E-state index contributed by atoms with van der Waals surface area (Å²) in [4.78, 5) is 10.0. The predicted octanol–water partition coefficient (Wildman–Crippen LogP) is 1.80. The van der Waals surface area contributed by atoms with Crippen LogP contribution in [0.25, 0.3) is 0 Å². The van der Waals surface area contributed by atoms with Crippen molar-refractivity contribution in [2.75, 3.05) is 18.5 Å². The summed E-state index contributed by atoms with van der Waals surface area (Å²) >= 11 is 0. The lowest BCUT2D eigenvalue weighted by Crippen LogP contribution is -2.18. The molecule has 0 saturated carbocycles. The maximum atomic E-state index is 10.4. The molecule has 1 unspecified atom stereocenters. The summed E-state index contributed by atoms with van der Waals surface area (Å²) in [5.74, 6) is 0. The molecule has 1 aromatic carbocycles. The molecule has 1 aliphatic rings. The number of nitrogens with zero attached hydrogens (tertiary/aromatic N) is 1. The van der Waals surface area contributed by atoms with Gasteiger partial charge in [0.25, 0.3) is 5.69 Å². The molecule has 0 spiro atoms. The van der Waals surface area contributed by atoms with Gasteiger partial charge in [-0.05, 0) is 18.6 Å². The van der Waals surface area contributed by atoms with E-state index in [0.29, 0.717) is 12.6 Å². The average Bonchev–Trinajstić information content (AvgIpc) is 2.71. The molecule has 5 heteroatoms. The van der Waals surface area contributed by atoms with Gasteiger partial charge in [-0.15, -0.1) is 0 Å². The molecule has 0 aliphatic carbocycles. The Labute approximate surface area is 87.2 Å². The predicted molar refractivity (Wildman–Crippen MR) is 55.9 cm³/mol. The van der Waals surface area contributed by atoms with E-state index in [2.05, 4.69) is 5.32 Å². The fourth-order valence-electron chi connectivity index (χ4n) is 1.56. The maximum Gasteiger partial charge on any atom is 0.269 e. The van der Waals surface area contributed by atoms with Crippen LogP contribution in [0.4, 0.5) is 11.4 Å². The fraction of sp³-hybridized carbons (Fsp3) is 0.400. The fourth-order valence-corrected chi connectivity index (χ4v) is 1.56. The van der Waals surface area contributed by atoms with Crippen LogP contribution in [0.1, 0.15) is 6.42 Å². The number of non-ortho nitro benzene ring substituents is 1. The molecule has 0 aromatic heterocycles. The molecule has 1 fully saturated rings. The highest BCUT2D eigenvalue weighted by Gasteiger charge is 2.15. The lowest BCUT2D eigenvalue weighted by molar-refractivity contribution is -0.384. The summed E-state index contributed by atoms with van der Waals surface area (Å²) in [5, 5.41) is 13.7. The molecule has 1 N–H and O–H groups in total. The Balaban J connectivity index is 2.00. The highest BCUT2D eigenvalue weighted by Crippen LogP contribution is 2.18. The van der Waals surface area contributed by atoms with Gasteiger partial charge in [0.15, 0.2) is 0 Å². The Kier molecular flexibility index (Phi) is 2.82. The number of hydrogen-bond donors (Lipinski definition) is 1. The third-order valence-corrected chi connectivity index (χ3v) is 2.38. The molecule has 80 valence electrons. The van der Waals surface area contributed by atoms with Crippen LogP contribution in [0.5, 0.6) is 0 Å². The van der Waals surface area contributed by atoms with Gasteiger partial charge in [-0.2, -0.15) is 0 Å². The standard InChI is InChI=1S/C10H12N2O3/c13-12(14)10-3-1-8(2-4-10)11-9-5-6-15-7-9/h1-4,9,11H,5-7H2. The van der Waals surface area contributed by atoms with E-state index in [9.17, 15) is 10.1 Å². The Morgan fingerprint density at radius 2 is 2.13 bits per heavy atom. The molecule has 2 rings (SSSR count). The summed E-state index contributed by atoms with van der Waals surface area (Å²) in [7, 11) is 0. The van der Waals surface area contributed by atoms with E-state index in [0.717, 1.165) is 18.7 Å². The van der Waals surface area contributed by atoms with E-state index in [1.165, 1.54) is 12.1 Å². The second-order valence-corrected chi connectivity index (χ2v) is 3.51.